The third-order valence-corrected chi connectivity index (χ3v) is 2.45. The average Bonchev–Trinajstić information content (AvgIpc) is 2.23. The lowest BCUT2D eigenvalue weighted by atomic mass is 10.2. The molecule has 4 nitrogen and oxygen atoms in total. The SMILES string of the molecule is C[C@@H]1CN(C(=O)CCOCC(F)(F)F)CCN1. The van der Waals surface area contributed by atoms with Crippen molar-refractivity contribution in [3.8, 4) is 0 Å². The molecule has 0 unspecified atom stereocenters. The third-order valence-electron chi connectivity index (χ3n) is 2.45. The van der Waals surface area contributed by atoms with Gasteiger partial charge in [-0.3, -0.25) is 4.79 Å². The van der Waals surface area contributed by atoms with E-state index in [2.05, 4.69) is 10.1 Å². The van der Waals surface area contributed by atoms with Gasteiger partial charge >= 0.3 is 6.18 Å². The van der Waals surface area contributed by atoms with Crippen molar-refractivity contribution in [3.63, 3.8) is 0 Å². The van der Waals surface area contributed by atoms with Gasteiger partial charge in [-0.2, -0.15) is 13.2 Å². The molecule has 1 rings (SSSR count). The van der Waals surface area contributed by atoms with Crippen LogP contribution >= 0.6 is 0 Å². The first-order chi connectivity index (χ1) is 7.88. The Balaban J connectivity index is 2.16. The van der Waals surface area contributed by atoms with Crippen LogP contribution in [0.15, 0.2) is 0 Å². The molecule has 0 radical (unpaired) electrons. The highest BCUT2D eigenvalue weighted by atomic mass is 19.4. The van der Waals surface area contributed by atoms with Crippen molar-refractivity contribution in [1.29, 1.82) is 0 Å². The summed E-state index contributed by atoms with van der Waals surface area (Å²) in [6.45, 7) is 2.39. The van der Waals surface area contributed by atoms with E-state index in [4.69, 9.17) is 0 Å². The summed E-state index contributed by atoms with van der Waals surface area (Å²) >= 11 is 0. The van der Waals surface area contributed by atoms with Crippen molar-refractivity contribution >= 4 is 5.91 Å². The maximum absolute atomic E-state index is 11.8. The number of carbonyl (C=O) groups is 1. The highest BCUT2D eigenvalue weighted by Crippen LogP contribution is 2.14. The monoisotopic (exact) mass is 254 g/mol. The molecule has 1 amide bonds. The molecular weight excluding hydrogens is 237 g/mol. The molecule has 0 aliphatic carbocycles. The van der Waals surface area contributed by atoms with Crippen LogP contribution in [0.25, 0.3) is 0 Å². The molecule has 1 aliphatic rings. The summed E-state index contributed by atoms with van der Waals surface area (Å²) in [7, 11) is 0. The Morgan fingerprint density at radius 3 is 2.82 bits per heavy atom. The Morgan fingerprint density at radius 1 is 1.53 bits per heavy atom. The summed E-state index contributed by atoms with van der Waals surface area (Å²) in [5.74, 6) is -0.152. The van der Waals surface area contributed by atoms with E-state index < -0.39 is 12.8 Å². The molecular formula is C10H17F3N2O2. The lowest BCUT2D eigenvalue weighted by molar-refractivity contribution is -0.175. The molecule has 1 heterocycles. The third kappa shape index (κ3) is 5.88. The van der Waals surface area contributed by atoms with Crippen molar-refractivity contribution in [2.75, 3.05) is 32.8 Å². The number of piperazine rings is 1. The zero-order chi connectivity index (χ0) is 12.9. The Labute approximate surface area is 98.1 Å². The van der Waals surface area contributed by atoms with Gasteiger partial charge in [0.05, 0.1) is 13.0 Å². The maximum atomic E-state index is 11.8. The Hall–Kier alpha value is -0.820. The van der Waals surface area contributed by atoms with Gasteiger partial charge in [0.25, 0.3) is 0 Å². The number of rotatable bonds is 4. The first kappa shape index (κ1) is 14.2. The summed E-state index contributed by atoms with van der Waals surface area (Å²) in [5.41, 5.74) is 0. The molecule has 0 aromatic heterocycles. The number of carbonyl (C=O) groups excluding carboxylic acids is 1. The van der Waals surface area contributed by atoms with E-state index in [1.807, 2.05) is 6.92 Å². The topological polar surface area (TPSA) is 41.6 Å². The smallest absolute Gasteiger partial charge is 0.372 e. The van der Waals surface area contributed by atoms with Crippen LogP contribution in [0, 0.1) is 0 Å². The largest absolute Gasteiger partial charge is 0.411 e. The van der Waals surface area contributed by atoms with E-state index in [1.165, 1.54) is 0 Å². The normalized spacial score (nSPS) is 21.6. The second kappa shape index (κ2) is 6.20. The number of nitrogens with one attached hydrogen (secondary N) is 1. The van der Waals surface area contributed by atoms with Gasteiger partial charge in [-0.15, -0.1) is 0 Å². The summed E-state index contributed by atoms with van der Waals surface area (Å²) in [4.78, 5) is 13.3. The second-order valence-corrected chi connectivity index (χ2v) is 4.11. The Morgan fingerprint density at radius 2 is 2.24 bits per heavy atom. The number of hydrogen-bond acceptors (Lipinski definition) is 3. The molecule has 1 fully saturated rings. The predicted molar refractivity (Wildman–Crippen MR) is 55.5 cm³/mol. The molecule has 0 aromatic carbocycles. The van der Waals surface area contributed by atoms with Crippen LogP contribution in [0.1, 0.15) is 13.3 Å². The van der Waals surface area contributed by atoms with Crippen molar-refractivity contribution in [2.45, 2.75) is 25.6 Å². The molecule has 1 aliphatic heterocycles. The highest BCUT2D eigenvalue weighted by Gasteiger charge is 2.27. The van der Waals surface area contributed by atoms with Crippen LogP contribution in [0.2, 0.25) is 0 Å². The van der Waals surface area contributed by atoms with Crippen molar-refractivity contribution in [3.05, 3.63) is 0 Å². The number of nitrogens with zero attached hydrogens (tertiary/aromatic N) is 1. The van der Waals surface area contributed by atoms with Crippen LogP contribution in [0.5, 0.6) is 0 Å². The fourth-order valence-electron chi connectivity index (χ4n) is 1.66. The first-order valence-corrected chi connectivity index (χ1v) is 5.54. The van der Waals surface area contributed by atoms with Gasteiger partial charge in [-0.25, -0.2) is 0 Å². The average molecular weight is 254 g/mol. The molecule has 0 saturated carbocycles. The van der Waals surface area contributed by atoms with E-state index in [9.17, 15) is 18.0 Å². The molecule has 7 heteroatoms. The van der Waals surface area contributed by atoms with Crippen molar-refractivity contribution in [1.82, 2.24) is 10.2 Å². The minimum absolute atomic E-state index is 0.00278. The zero-order valence-electron chi connectivity index (χ0n) is 9.72. The number of amides is 1. The van der Waals surface area contributed by atoms with Crippen LogP contribution in [-0.2, 0) is 9.53 Å². The van der Waals surface area contributed by atoms with Crippen LogP contribution in [0.4, 0.5) is 13.2 Å². The van der Waals surface area contributed by atoms with E-state index in [-0.39, 0.29) is 25.0 Å². The summed E-state index contributed by atoms with van der Waals surface area (Å²) in [5, 5.41) is 3.18. The van der Waals surface area contributed by atoms with Gasteiger partial charge in [0, 0.05) is 25.7 Å². The fraction of sp³-hybridized carbons (Fsp3) is 0.900. The number of ether oxygens (including phenoxy) is 1. The Kier molecular flexibility index (Phi) is 5.20. The zero-order valence-corrected chi connectivity index (χ0v) is 9.72. The van der Waals surface area contributed by atoms with Gasteiger partial charge < -0.3 is 15.0 Å². The molecule has 1 saturated heterocycles. The van der Waals surface area contributed by atoms with Crippen molar-refractivity contribution < 1.29 is 22.7 Å². The minimum Gasteiger partial charge on any atom is -0.372 e. The lowest BCUT2D eigenvalue weighted by Gasteiger charge is -2.31. The van der Waals surface area contributed by atoms with Crippen LogP contribution in [-0.4, -0.2) is 55.9 Å². The maximum Gasteiger partial charge on any atom is 0.411 e. The summed E-state index contributed by atoms with van der Waals surface area (Å²) < 4.78 is 39.7. The summed E-state index contributed by atoms with van der Waals surface area (Å²) in [6.07, 6.45) is -4.32. The Bertz CT molecular complexity index is 258. The number of alkyl halides is 3. The number of halogens is 3. The van der Waals surface area contributed by atoms with E-state index >= 15 is 0 Å². The molecule has 0 spiro atoms. The molecule has 0 aromatic rings. The predicted octanol–water partition coefficient (Wildman–Crippen LogP) is 0.776. The fourth-order valence-corrected chi connectivity index (χ4v) is 1.66. The summed E-state index contributed by atoms with van der Waals surface area (Å²) in [6, 6.07) is 0.226. The quantitative estimate of drug-likeness (QED) is 0.754. The second-order valence-electron chi connectivity index (χ2n) is 4.11. The van der Waals surface area contributed by atoms with E-state index in [1.54, 1.807) is 4.90 Å². The van der Waals surface area contributed by atoms with Gasteiger partial charge in [0.2, 0.25) is 5.91 Å². The molecule has 0 bridgehead atoms. The van der Waals surface area contributed by atoms with E-state index in [0.717, 1.165) is 6.54 Å². The van der Waals surface area contributed by atoms with Crippen LogP contribution < -0.4 is 5.32 Å². The van der Waals surface area contributed by atoms with Gasteiger partial charge in [-0.05, 0) is 6.92 Å². The standard InChI is InChI=1S/C10H17F3N2O2/c1-8-6-15(4-3-14-8)9(16)2-5-17-7-10(11,12)13/h8,14H,2-7H2,1H3/t8-/m1/s1. The highest BCUT2D eigenvalue weighted by molar-refractivity contribution is 5.76. The van der Waals surface area contributed by atoms with E-state index in [0.29, 0.717) is 13.1 Å². The lowest BCUT2D eigenvalue weighted by Crippen LogP contribution is -2.51. The van der Waals surface area contributed by atoms with Gasteiger partial charge in [0.1, 0.15) is 6.61 Å². The molecule has 1 N–H and O–H groups in total. The van der Waals surface area contributed by atoms with Crippen molar-refractivity contribution in [2.24, 2.45) is 0 Å². The molecule has 100 valence electrons. The molecule has 17 heavy (non-hydrogen) atoms. The minimum atomic E-state index is -4.33. The van der Waals surface area contributed by atoms with Gasteiger partial charge in [-0.1, -0.05) is 0 Å². The first-order valence-electron chi connectivity index (χ1n) is 5.54. The number of hydrogen-bond donors (Lipinski definition) is 1. The molecule has 1 atom stereocenters. The van der Waals surface area contributed by atoms with Crippen LogP contribution in [0.3, 0.4) is 0 Å². The van der Waals surface area contributed by atoms with Gasteiger partial charge in [0.15, 0.2) is 0 Å².